The Morgan fingerprint density at radius 1 is 1.20 bits per heavy atom. The summed E-state index contributed by atoms with van der Waals surface area (Å²) in [5.74, 6) is 0.256. The fraction of sp³-hybridized carbons (Fsp3) is 0.333. The second kappa shape index (κ2) is 10.0. The van der Waals surface area contributed by atoms with Crippen LogP contribution >= 0.6 is 12.2 Å². The van der Waals surface area contributed by atoms with E-state index < -0.39 is 4.92 Å². The summed E-state index contributed by atoms with van der Waals surface area (Å²) < 4.78 is 5.42. The second-order valence-corrected chi connectivity index (χ2v) is 7.71. The fourth-order valence-corrected chi connectivity index (χ4v) is 2.81. The van der Waals surface area contributed by atoms with Gasteiger partial charge in [0.25, 0.3) is 0 Å². The van der Waals surface area contributed by atoms with E-state index in [0.29, 0.717) is 11.6 Å². The van der Waals surface area contributed by atoms with Gasteiger partial charge in [0.2, 0.25) is 5.75 Å². The largest absolute Gasteiger partial charge is 0.507 e. The minimum Gasteiger partial charge on any atom is -0.507 e. The first-order valence-corrected chi connectivity index (χ1v) is 9.89. The van der Waals surface area contributed by atoms with Crippen LogP contribution in [0.3, 0.4) is 0 Å². The number of ether oxygens (including phenoxy) is 1. The van der Waals surface area contributed by atoms with Crippen LogP contribution in [0.25, 0.3) is 0 Å². The lowest BCUT2D eigenvalue weighted by atomic mass is 10.0. The van der Waals surface area contributed by atoms with Crippen molar-refractivity contribution in [1.82, 2.24) is 5.43 Å². The molecule has 2 aromatic rings. The van der Waals surface area contributed by atoms with Gasteiger partial charge >= 0.3 is 5.69 Å². The van der Waals surface area contributed by atoms with Crippen LogP contribution in [-0.2, 0) is 0 Å². The molecule has 0 aliphatic heterocycles. The number of thiocarbonyl (C=S) groups is 1. The van der Waals surface area contributed by atoms with Crippen molar-refractivity contribution >= 4 is 34.4 Å². The Labute approximate surface area is 181 Å². The van der Waals surface area contributed by atoms with Crippen molar-refractivity contribution in [2.45, 2.75) is 46.6 Å². The first-order valence-electron chi connectivity index (χ1n) is 9.48. The standard InChI is InChI=1S/C21H26N4O4S/c1-12(2)15-6-8-16(9-7-15)22-21(30)24-23-14(5)17-10-18(25(27)28)20(11-19(17)26)29-13(3)4/h6-13,26H,1-5H3,(H2,22,24,30)/b23-14+. The van der Waals surface area contributed by atoms with E-state index in [0.717, 1.165) is 5.69 Å². The molecule has 3 N–H and O–H groups in total. The molecule has 0 aliphatic carbocycles. The highest BCUT2D eigenvalue weighted by atomic mass is 32.1. The molecule has 0 fully saturated rings. The summed E-state index contributed by atoms with van der Waals surface area (Å²) in [6, 6.07) is 10.3. The Kier molecular flexibility index (Phi) is 7.71. The Morgan fingerprint density at radius 3 is 2.37 bits per heavy atom. The number of hydrazone groups is 1. The zero-order valence-electron chi connectivity index (χ0n) is 17.6. The van der Waals surface area contributed by atoms with Crippen molar-refractivity contribution in [1.29, 1.82) is 0 Å². The van der Waals surface area contributed by atoms with Crippen LogP contribution in [0.2, 0.25) is 0 Å². The molecule has 0 bridgehead atoms. The molecule has 0 saturated carbocycles. The van der Waals surface area contributed by atoms with Gasteiger partial charge in [-0.25, -0.2) is 0 Å². The summed E-state index contributed by atoms with van der Waals surface area (Å²) in [7, 11) is 0. The zero-order chi connectivity index (χ0) is 22.4. The van der Waals surface area contributed by atoms with Gasteiger partial charge in [-0.3, -0.25) is 15.5 Å². The molecular formula is C21H26N4O4S. The highest BCUT2D eigenvalue weighted by Gasteiger charge is 2.21. The lowest BCUT2D eigenvalue weighted by Gasteiger charge is -2.13. The number of hydrogen-bond donors (Lipinski definition) is 3. The number of anilines is 1. The van der Waals surface area contributed by atoms with Gasteiger partial charge in [-0.2, -0.15) is 5.10 Å². The topological polar surface area (TPSA) is 109 Å². The molecule has 8 nitrogen and oxygen atoms in total. The van der Waals surface area contributed by atoms with Crippen molar-refractivity contribution in [3.05, 3.63) is 57.6 Å². The summed E-state index contributed by atoms with van der Waals surface area (Å²) in [4.78, 5) is 10.8. The van der Waals surface area contributed by atoms with E-state index in [2.05, 4.69) is 29.7 Å². The van der Waals surface area contributed by atoms with Gasteiger partial charge in [0.05, 0.1) is 16.7 Å². The second-order valence-electron chi connectivity index (χ2n) is 7.30. The quantitative estimate of drug-likeness (QED) is 0.247. The Hall–Kier alpha value is -3.20. The Bertz CT molecular complexity index is 956. The highest BCUT2D eigenvalue weighted by Crippen LogP contribution is 2.35. The third-order valence-corrected chi connectivity index (χ3v) is 4.38. The SMILES string of the molecule is C/C(=N\NC(=S)Nc1ccc(C(C)C)cc1)c1cc([N+](=O)[O-])c(OC(C)C)cc1O. The Balaban J connectivity index is 2.15. The van der Waals surface area contributed by atoms with E-state index in [4.69, 9.17) is 17.0 Å². The van der Waals surface area contributed by atoms with Gasteiger partial charge in [-0.05, 0) is 56.6 Å². The normalized spacial score (nSPS) is 11.5. The van der Waals surface area contributed by atoms with Crippen molar-refractivity contribution < 1.29 is 14.8 Å². The van der Waals surface area contributed by atoms with Crippen LogP contribution in [-0.4, -0.2) is 27.0 Å². The minimum absolute atomic E-state index is 0.000888. The van der Waals surface area contributed by atoms with E-state index in [-0.39, 0.29) is 34.0 Å². The van der Waals surface area contributed by atoms with Crippen LogP contribution in [0.15, 0.2) is 41.5 Å². The molecule has 0 spiro atoms. The number of nitrogens with zero attached hydrogens (tertiary/aromatic N) is 2. The van der Waals surface area contributed by atoms with Crippen LogP contribution in [0.5, 0.6) is 11.5 Å². The summed E-state index contributed by atoms with van der Waals surface area (Å²) in [6.45, 7) is 9.33. The lowest BCUT2D eigenvalue weighted by molar-refractivity contribution is -0.386. The smallest absolute Gasteiger partial charge is 0.311 e. The van der Waals surface area contributed by atoms with Crippen LogP contribution in [0, 0.1) is 10.1 Å². The molecule has 2 rings (SSSR count). The van der Waals surface area contributed by atoms with E-state index in [9.17, 15) is 15.2 Å². The molecule has 0 saturated heterocycles. The molecule has 30 heavy (non-hydrogen) atoms. The number of rotatable bonds is 7. The van der Waals surface area contributed by atoms with Crippen molar-refractivity contribution in [2.24, 2.45) is 5.10 Å². The van der Waals surface area contributed by atoms with Crippen molar-refractivity contribution in [3.63, 3.8) is 0 Å². The van der Waals surface area contributed by atoms with Gasteiger partial charge in [-0.1, -0.05) is 26.0 Å². The molecular weight excluding hydrogens is 404 g/mol. The molecule has 0 atom stereocenters. The predicted molar refractivity (Wildman–Crippen MR) is 123 cm³/mol. The lowest BCUT2D eigenvalue weighted by Crippen LogP contribution is -2.25. The van der Waals surface area contributed by atoms with Gasteiger partial charge < -0.3 is 15.2 Å². The van der Waals surface area contributed by atoms with Crippen molar-refractivity contribution in [3.8, 4) is 11.5 Å². The van der Waals surface area contributed by atoms with E-state index in [1.807, 2.05) is 24.3 Å². The van der Waals surface area contributed by atoms with Crippen LogP contribution in [0.1, 0.15) is 51.7 Å². The summed E-state index contributed by atoms with van der Waals surface area (Å²) in [6.07, 6.45) is -0.275. The number of aromatic hydroxyl groups is 1. The monoisotopic (exact) mass is 430 g/mol. The molecule has 160 valence electrons. The van der Waals surface area contributed by atoms with E-state index >= 15 is 0 Å². The zero-order valence-corrected chi connectivity index (χ0v) is 18.4. The average Bonchev–Trinajstić information content (AvgIpc) is 2.66. The van der Waals surface area contributed by atoms with Gasteiger partial charge in [0.15, 0.2) is 5.11 Å². The number of phenols is 1. The minimum atomic E-state index is -0.561. The molecule has 0 aromatic heterocycles. The molecule has 0 aliphatic rings. The number of benzene rings is 2. The van der Waals surface area contributed by atoms with Crippen LogP contribution in [0.4, 0.5) is 11.4 Å². The number of nitrogens with one attached hydrogen (secondary N) is 2. The predicted octanol–water partition coefficient (Wildman–Crippen LogP) is 4.92. The summed E-state index contributed by atoms with van der Waals surface area (Å²) >= 11 is 5.24. The molecule has 2 aromatic carbocycles. The maximum Gasteiger partial charge on any atom is 0.311 e. The first-order chi connectivity index (χ1) is 14.1. The number of phenolic OH excluding ortho intramolecular Hbond substituents is 1. The Morgan fingerprint density at radius 2 is 1.83 bits per heavy atom. The van der Waals surface area contributed by atoms with E-state index in [1.54, 1.807) is 20.8 Å². The fourth-order valence-electron chi connectivity index (χ4n) is 2.64. The number of hydrogen-bond acceptors (Lipinski definition) is 6. The average molecular weight is 431 g/mol. The molecule has 0 unspecified atom stereocenters. The van der Waals surface area contributed by atoms with Gasteiger partial charge in [0, 0.05) is 23.4 Å². The molecule has 0 radical (unpaired) electrons. The van der Waals surface area contributed by atoms with E-state index in [1.165, 1.54) is 17.7 Å². The third-order valence-electron chi connectivity index (χ3n) is 4.19. The molecule has 9 heteroatoms. The molecule has 0 heterocycles. The van der Waals surface area contributed by atoms with Crippen molar-refractivity contribution in [2.75, 3.05) is 5.32 Å². The third kappa shape index (κ3) is 6.15. The number of nitro groups is 1. The molecule has 0 amide bonds. The summed E-state index contributed by atoms with van der Waals surface area (Å²) in [5.41, 5.74) is 4.98. The highest BCUT2D eigenvalue weighted by molar-refractivity contribution is 7.80. The number of nitro benzene ring substituents is 1. The maximum atomic E-state index is 11.4. The van der Waals surface area contributed by atoms with Gasteiger partial charge in [-0.15, -0.1) is 0 Å². The maximum absolute atomic E-state index is 11.4. The first kappa shape index (κ1) is 23.1. The van der Waals surface area contributed by atoms with Gasteiger partial charge in [0.1, 0.15) is 5.75 Å². The van der Waals surface area contributed by atoms with Crippen LogP contribution < -0.4 is 15.5 Å². The summed E-state index contributed by atoms with van der Waals surface area (Å²) in [5, 5.41) is 29.1.